The molecule has 0 saturated heterocycles. The topological polar surface area (TPSA) is 99.1 Å². The lowest BCUT2D eigenvalue weighted by Crippen LogP contribution is -2.11. The summed E-state index contributed by atoms with van der Waals surface area (Å²) < 4.78 is 18.4. The molecule has 0 radical (unpaired) electrons. The molecule has 0 aliphatic rings. The Bertz CT molecular complexity index is 952. The lowest BCUT2D eigenvalue weighted by Gasteiger charge is -2.08. The first-order valence-electron chi connectivity index (χ1n) is 7.40. The van der Waals surface area contributed by atoms with Crippen LogP contribution in [0.4, 0.5) is 15.8 Å². The summed E-state index contributed by atoms with van der Waals surface area (Å²) in [6.45, 7) is -0.0956. The van der Waals surface area contributed by atoms with Crippen molar-refractivity contribution < 1.29 is 19.0 Å². The van der Waals surface area contributed by atoms with E-state index in [1.807, 2.05) is 6.07 Å². The molecule has 0 atom stereocenters. The van der Waals surface area contributed by atoms with Crippen molar-refractivity contribution >= 4 is 28.2 Å². The van der Waals surface area contributed by atoms with Crippen LogP contribution in [0.3, 0.4) is 0 Å². The van der Waals surface area contributed by atoms with Gasteiger partial charge in [0.2, 0.25) is 5.88 Å². The van der Waals surface area contributed by atoms with Gasteiger partial charge in [-0.1, -0.05) is 12.1 Å². The van der Waals surface area contributed by atoms with E-state index < -0.39 is 11.7 Å². The summed E-state index contributed by atoms with van der Waals surface area (Å²) in [5.74, 6) is -0.672. The summed E-state index contributed by atoms with van der Waals surface area (Å²) in [6, 6.07) is 11.1. The number of benzene rings is 2. The molecule has 25 heavy (non-hydrogen) atoms. The SMILES string of the molecule is COc1ccccc1NCC(=O)N=Nc1c(O)[nH]c2cc(F)ccc12. The van der Waals surface area contributed by atoms with Gasteiger partial charge >= 0.3 is 0 Å². The van der Waals surface area contributed by atoms with Crippen LogP contribution in [0.25, 0.3) is 10.9 Å². The summed E-state index contributed by atoms with van der Waals surface area (Å²) in [5.41, 5.74) is 1.10. The van der Waals surface area contributed by atoms with Crippen molar-refractivity contribution in [3.8, 4) is 11.6 Å². The number of anilines is 1. The van der Waals surface area contributed by atoms with Gasteiger partial charge < -0.3 is 20.1 Å². The number of fused-ring (bicyclic) bond motifs is 1. The number of nitrogens with zero attached hydrogens (tertiary/aromatic N) is 2. The second kappa shape index (κ2) is 7.00. The van der Waals surface area contributed by atoms with Crippen LogP contribution in [0, 0.1) is 5.82 Å². The highest BCUT2D eigenvalue weighted by Crippen LogP contribution is 2.35. The summed E-state index contributed by atoms with van der Waals surface area (Å²) >= 11 is 0. The largest absolute Gasteiger partial charge is 0.495 e. The van der Waals surface area contributed by atoms with E-state index in [1.165, 1.54) is 25.3 Å². The first-order valence-corrected chi connectivity index (χ1v) is 7.40. The number of carbonyl (C=O) groups is 1. The molecule has 0 aliphatic carbocycles. The fourth-order valence-corrected chi connectivity index (χ4v) is 2.34. The Balaban J connectivity index is 1.72. The smallest absolute Gasteiger partial charge is 0.283 e. The zero-order chi connectivity index (χ0) is 17.8. The van der Waals surface area contributed by atoms with Crippen LogP contribution >= 0.6 is 0 Å². The third-order valence-electron chi connectivity index (χ3n) is 3.51. The summed E-state index contributed by atoms with van der Waals surface area (Å²) in [7, 11) is 1.53. The van der Waals surface area contributed by atoms with Gasteiger partial charge in [0.1, 0.15) is 11.6 Å². The van der Waals surface area contributed by atoms with E-state index in [1.54, 1.807) is 18.2 Å². The van der Waals surface area contributed by atoms with Gasteiger partial charge in [0.05, 0.1) is 24.9 Å². The molecule has 3 N–H and O–H groups in total. The van der Waals surface area contributed by atoms with Gasteiger partial charge in [-0.25, -0.2) is 4.39 Å². The molecule has 3 aromatic rings. The van der Waals surface area contributed by atoms with E-state index in [-0.39, 0.29) is 18.1 Å². The van der Waals surface area contributed by atoms with Crippen molar-refractivity contribution in [1.82, 2.24) is 4.98 Å². The van der Waals surface area contributed by atoms with E-state index >= 15 is 0 Å². The van der Waals surface area contributed by atoms with Crippen LogP contribution in [0.2, 0.25) is 0 Å². The number of ether oxygens (including phenoxy) is 1. The van der Waals surface area contributed by atoms with Crippen molar-refractivity contribution in [2.75, 3.05) is 19.0 Å². The van der Waals surface area contributed by atoms with Gasteiger partial charge in [0.25, 0.3) is 5.91 Å². The number of hydrogen-bond donors (Lipinski definition) is 3. The monoisotopic (exact) mass is 342 g/mol. The molecule has 3 rings (SSSR count). The fraction of sp³-hybridized carbons (Fsp3) is 0.118. The molecule has 2 aromatic carbocycles. The first-order chi connectivity index (χ1) is 12.1. The molecule has 1 aromatic heterocycles. The molecule has 0 unspecified atom stereocenters. The number of hydrogen-bond acceptors (Lipinski definition) is 5. The second-order valence-electron chi connectivity index (χ2n) is 5.16. The number of aromatic amines is 1. The predicted molar refractivity (Wildman–Crippen MR) is 90.9 cm³/mol. The van der Waals surface area contributed by atoms with E-state index in [2.05, 4.69) is 20.5 Å². The van der Waals surface area contributed by atoms with Crippen molar-refractivity contribution in [3.05, 3.63) is 48.3 Å². The molecule has 0 fully saturated rings. The average molecular weight is 342 g/mol. The van der Waals surface area contributed by atoms with Gasteiger partial charge in [-0.3, -0.25) is 4.79 Å². The Morgan fingerprint density at radius 2 is 2.12 bits per heavy atom. The normalized spacial score (nSPS) is 11.1. The molecule has 8 heteroatoms. The number of H-pyrrole nitrogens is 1. The molecular formula is C17H15FN4O3. The second-order valence-corrected chi connectivity index (χ2v) is 5.16. The standard InChI is InChI=1S/C17H15FN4O3/c1-25-14-5-3-2-4-12(14)19-9-15(23)21-22-16-11-7-6-10(18)8-13(11)20-17(16)24/h2-8,19-20,24H,9H2,1H3. The van der Waals surface area contributed by atoms with Crippen molar-refractivity contribution in [3.63, 3.8) is 0 Å². The molecular weight excluding hydrogens is 327 g/mol. The highest BCUT2D eigenvalue weighted by molar-refractivity contribution is 5.94. The molecule has 1 amide bonds. The Kier molecular flexibility index (Phi) is 4.60. The zero-order valence-corrected chi connectivity index (χ0v) is 13.3. The molecule has 0 saturated carbocycles. The lowest BCUT2D eigenvalue weighted by molar-refractivity contribution is -0.116. The van der Waals surface area contributed by atoms with Gasteiger partial charge in [-0.2, -0.15) is 0 Å². The minimum atomic E-state index is -0.540. The molecule has 0 bridgehead atoms. The number of azo groups is 1. The van der Waals surface area contributed by atoms with E-state index in [0.717, 1.165) is 0 Å². The maximum atomic E-state index is 13.2. The summed E-state index contributed by atoms with van der Waals surface area (Å²) in [5, 5.41) is 20.6. The van der Waals surface area contributed by atoms with E-state index in [0.29, 0.717) is 22.3 Å². The zero-order valence-electron chi connectivity index (χ0n) is 13.3. The van der Waals surface area contributed by atoms with Crippen molar-refractivity contribution in [2.45, 2.75) is 0 Å². The van der Waals surface area contributed by atoms with Crippen LogP contribution < -0.4 is 10.1 Å². The number of aromatic nitrogens is 1. The molecule has 1 heterocycles. The minimum Gasteiger partial charge on any atom is -0.495 e. The quantitative estimate of drug-likeness (QED) is 0.615. The Labute approximate surface area is 142 Å². The molecule has 128 valence electrons. The first kappa shape index (κ1) is 16.4. The van der Waals surface area contributed by atoms with Gasteiger partial charge in [-0.15, -0.1) is 10.2 Å². The number of methoxy groups -OCH3 is 1. The van der Waals surface area contributed by atoms with Crippen LogP contribution in [0.15, 0.2) is 52.7 Å². The Morgan fingerprint density at radius 3 is 2.92 bits per heavy atom. The van der Waals surface area contributed by atoms with Crippen LogP contribution in [-0.4, -0.2) is 29.7 Å². The summed E-state index contributed by atoms with van der Waals surface area (Å²) in [6.07, 6.45) is 0. The van der Waals surface area contributed by atoms with Gasteiger partial charge in [0, 0.05) is 5.39 Å². The van der Waals surface area contributed by atoms with E-state index in [4.69, 9.17) is 4.74 Å². The Morgan fingerprint density at radius 1 is 1.32 bits per heavy atom. The fourth-order valence-electron chi connectivity index (χ4n) is 2.34. The van der Waals surface area contributed by atoms with Crippen LogP contribution in [0.1, 0.15) is 0 Å². The number of amides is 1. The van der Waals surface area contributed by atoms with Crippen molar-refractivity contribution in [2.24, 2.45) is 10.2 Å². The lowest BCUT2D eigenvalue weighted by atomic mass is 10.2. The number of nitrogens with one attached hydrogen (secondary N) is 2. The average Bonchev–Trinajstić information content (AvgIpc) is 2.92. The maximum Gasteiger partial charge on any atom is 0.283 e. The molecule has 0 spiro atoms. The highest BCUT2D eigenvalue weighted by atomic mass is 19.1. The third-order valence-corrected chi connectivity index (χ3v) is 3.51. The third kappa shape index (κ3) is 3.57. The van der Waals surface area contributed by atoms with Crippen LogP contribution in [0.5, 0.6) is 11.6 Å². The minimum absolute atomic E-state index is 0.0839. The van der Waals surface area contributed by atoms with Gasteiger partial charge in [-0.05, 0) is 30.3 Å². The highest BCUT2D eigenvalue weighted by Gasteiger charge is 2.12. The number of aromatic hydroxyl groups is 1. The Hall–Kier alpha value is -3.42. The van der Waals surface area contributed by atoms with Crippen molar-refractivity contribution in [1.29, 1.82) is 0 Å². The maximum absolute atomic E-state index is 13.2. The molecule has 7 nitrogen and oxygen atoms in total. The van der Waals surface area contributed by atoms with Crippen LogP contribution in [-0.2, 0) is 4.79 Å². The number of carbonyl (C=O) groups excluding carboxylic acids is 1. The number of halogens is 1. The van der Waals surface area contributed by atoms with E-state index in [9.17, 15) is 14.3 Å². The molecule has 0 aliphatic heterocycles. The summed E-state index contributed by atoms with van der Waals surface area (Å²) in [4.78, 5) is 14.5. The number of para-hydroxylation sites is 2. The predicted octanol–water partition coefficient (Wildman–Crippen LogP) is 3.74. The number of rotatable bonds is 5. The van der Waals surface area contributed by atoms with Gasteiger partial charge in [0.15, 0.2) is 5.69 Å².